The molecule has 0 saturated carbocycles. The van der Waals surface area contributed by atoms with Crippen LogP contribution in [0.1, 0.15) is 20.7 Å². The van der Waals surface area contributed by atoms with E-state index in [9.17, 15) is 14.7 Å². The number of rotatable bonds is 5. The molecule has 0 aliphatic rings. The number of carboxylic acid groups (broad SMARTS) is 1. The van der Waals surface area contributed by atoms with Gasteiger partial charge in [0, 0.05) is 10.6 Å². The number of benzene rings is 2. The molecule has 0 aliphatic carbocycles. The molecule has 0 saturated heterocycles. The molecule has 0 fully saturated rings. The highest BCUT2D eigenvalue weighted by Gasteiger charge is 2.28. The molecule has 0 radical (unpaired) electrons. The van der Waals surface area contributed by atoms with Crippen molar-refractivity contribution in [2.75, 3.05) is 11.1 Å². The molecule has 2 rings (SSSR count). The molecule has 0 bridgehead atoms. The molecule has 0 atom stereocenters. The van der Waals surface area contributed by atoms with Crippen molar-refractivity contribution in [1.82, 2.24) is 0 Å². The van der Waals surface area contributed by atoms with Crippen molar-refractivity contribution < 1.29 is 14.7 Å². The summed E-state index contributed by atoms with van der Waals surface area (Å²) in [5.74, 6) is -1.97. The summed E-state index contributed by atoms with van der Waals surface area (Å²) in [5, 5.41) is 19.3. The molecule has 0 heterocycles. The average molecular weight is 450 g/mol. The number of amides is 1. The lowest BCUT2D eigenvalue weighted by atomic mass is 10.1. The van der Waals surface area contributed by atoms with Crippen LogP contribution in [0, 0.1) is 11.3 Å². The molecule has 0 spiro atoms. The van der Waals surface area contributed by atoms with Gasteiger partial charge in [-0.05, 0) is 24.3 Å². The van der Waals surface area contributed by atoms with Gasteiger partial charge in [0.05, 0.1) is 43.0 Å². The van der Waals surface area contributed by atoms with Crippen molar-refractivity contribution in [3.05, 3.63) is 55.5 Å². The summed E-state index contributed by atoms with van der Waals surface area (Å²) >= 11 is 25.1. The molecule has 1 amide bonds. The van der Waals surface area contributed by atoms with Crippen molar-refractivity contribution in [2.45, 2.75) is 4.90 Å². The molecule has 0 aromatic heterocycles. The molecule has 26 heavy (non-hydrogen) atoms. The number of nitriles is 1. The van der Waals surface area contributed by atoms with E-state index in [0.717, 1.165) is 4.90 Å². The van der Waals surface area contributed by atoms with Gasteiger partial charge >= 0.3 is 5.97 Å². The predicted octanol–water partition coefficient (Wildman–Crippen LogP) is 5.87. The van der Waals surface area contributed by atoms with E-state index in [4.69, 9.17) is 51.7 Å². The standard InChI is InChI=1S/C16H8Cl4N2O3S/c17-11-9(10(16(24)25)12(18)14(20)13(11)19)15(23)22-7-1-3-8(4-2-7)26-6-5-21/h1-4H,6H2,(H,22,23)(H,24,25). The fourth-order valence-corrected chi connectivity index (χ4v) is 3.57. The largest absolute Gasteiger partial charge is 0.478 e. The molecular weight excluding hydrogens is 442 g/mol. The second-order valence-electron chi connectivity index (χ2n) is 4.74. The van der Waals surface area contributed by atoms with E-state index < -0.39 is 17.4 Å². The van der Waals surface area contributed by atoms with Crippen LogP contribution in [0.4, 0.5) is 5.69 Å². The molecule has 2 aromatic carbocycles. The van der Waals surface area contributed by atoms with Crippen molar-refractivity contribution >= 4 is 75.7 Å². The Balaban J connectivity index is 2.38. The Kier molecular flexibility index (Phi) is 7.04. The van der Waals surface area contributed by atoms with Crippen LogP contribution in [0.25, 0.3) is 0 Å². The lowest BCUT2D eigenvalue weighted by Crippen LogP contribution is -2.18. The number of anilines is 1. The molecule has 0 unspecified atom stereocenters. The average Bonchev–Trinajstić information content (AvgIpc) is 2.61. The third-order valence-electron chi connectivity index (χ3n) is 3.12. The van der Waals surface area contributed by atoms with Gasteiger partial charge in [-0.1, -0.05) is 46.4 Å². The van der Waals surface area contributed by atoms with Crippen LogP contribution in [0.5, 0.6) is 0 Å². The number of carbonyl (C=O) groups is 2. The van der Waals surface area contributed by atoms with Gasteiger partial charge in [0.15, 0.2) is 0 Å². The SMILES string of the molecule is N#CCSc1ccc(NC(=O)c2c(Cl)c(Cl)c(Cl)c(Cl)c2C(=O)O)cc1. The Labute approximate surface area is 172 Å². The van der Waals surface area contributed by atoms with Crippen LogP contribution in [0.2, 0.25) is 20.1 Å². The molecular formula is C16H8Cl4N2O3S. The predicted molar refractivity (Wildman–Crippen MR) is 104 cm³/mol. The molecule has 0 aliphatic heterocycles. The van der Waals surface area contributed by atoms with Gasteiger partial charge in [0.2, 0.25) is 0 Å². The second kappa shape index (κ2) is 8.85. The minimum atomic E-state index is -1.47. The van der Waals surface area contributed by atoms with Gasteiger partial charge in [-0.15, -0.1) is 11.8 Å². The minimum Gasteiger partial charge on any atom is -0.478 e. The summed E-state index contributed by atoms with van der Waals surface area (Å²) in [6.07, 6.45) is 0. The zero-order valence-electron chi connectivity index (χ0n) is 12.6. The van der Waals surface area contributed by atoms with E-state index >= 15 is 0 Å². The first-order chi connectivity index (χ1) is 12.3. The number of carboxylic acids is 1. The van der Waals surface area contributed by atoms with Gasteiger partial charge in [-0.25, -0.2) is 4.79 Å². The van der Waals surface area contributed by atoms with Crippen LogP contribution in [-0.4, -0.2) is 22.7 Å². The highest BCUT2D eigenvalue weighted by molar-refractivity contribution is 7.99. The number of carbonyl (C=O) groups excluding carboxylic acids is 1. The normalized spacial score (nSPS) is 10.3. The summed E-state index contributed by atoms with van der Waals surface area (Å²) in [5.41, 5.74) is -0.530. The first kappa shape index (κ1) is 20.7. The van der Waals surface area contributed by atoms with Crippen LogP contribution in [-0.2, 0) is 0 Å². The first-order valence-corrected chi connectivity index (χ1v) is 9.28. The van der Waals surface area contributed by atoms with E-state index in [2.05, 4.69) is 5.32 Å². The van der Waals surface area contributed by atoms with E-state index in [0.29, 0.717) is 11.4 Å². The third kappa shape index (κ3) is 4.37. The Bertz CT molecular complexity index is 927. The summed E-state index contributed by atoms with van der Waals surface area (Å²) in [6.45, 7) is 0. The highest BCUT2D eigenvalue weighted by Crippen LogP contribution is 2.41. The Morgan fingerprint density at radius 3 is 2.04 bits per heavy atom. The van der Waals surface area contributed by atoms with Crippen molar-refractivity contribution in [2.24, 2.45) is 0 Å². The molecule has 2 N–H and O–H groups in total. The van der Waals surface area contributed by atoms with Crippen LogP contribution >= 0.6 is 58.2 Å². The Hall–Kier alpha value is -1.62. The van der Waals surface area contributed by atoms with Crippen molar-refractivity contribution in [1.29, 1.82) is 5.26 Å². The molecule has 2 aromatic rings. The summed E-state index contributed by atoms with van der Waals surface area (Å²) < 4.78 is 0. The Morgan fingerprint density at radius 1 is 1.00 bits per heavy atom. The van der Waals surface area contributed by atoms with E-state index in [1.54, 1.807) is 24.3 Å². The number of nitrogens with zero attached hydrogens (tertiary/aromatic N) is 1. The number of hydrogen-bond donors (Lipinski definition) is 2. The quantitative estimate of drug-likeness (QED) is 0.338. The summed E-state index contributed by atoms with van der Waals surface area (Å²) in [7, 11) is 0. The zero-order valence-corrected chi connectivity index (χ0v) is 16.5. The molecule has 134 valence electrons. The van der Waals surface area contributed by atoms with Gasteiger partial charge in [-0.3, -0.25) is 4.79 Å². The van der Waals surface area contributed by atoms with Gasteiger partial charge in [0.25, 0.3) is 5.91 Å². The van der Waals surface area contributed by atoms with Gasteiger partial charge in [0.1, 0.15) is 0 Å². The maximum atomic E-state index is 12.6. The van der Waals surface area contributed by atoms with E-state index in [1.165, 1.54) is 11.8 Å². The van der Waals surface area contributed by atoms with Crippen LogP contribution in [0.15, 0.2) is 29.2 Å². The summed E-state index contributed by atoms with van der Waals surface area (Å²) in [6, 6.07) is 8.63. The maximum absolute atomic E-state index is 12.6. The molecule has 10 heteroatoms. The van der Waals surface area contributed by atoms with E-state index in [-0.39, 0.29) is 25.7 Å². The molecule has 5 nitrogen and oxygen atoms in total. The number of thioether (sulfide) groups is 1. The number of hydrogen-bond acceptors (Lipinski definition) is 4. The van der Waals surface area contributed by atoms with Crippen molar-refractivity contribution in [3.8, 4) is 6.07 Å². The number of aromatic carboxylic acids is 1. The monoisotopic (exact) mass is 448 g/mol. The van der Waals surface area contributed by atoms with Gasteiger partial charge < -0.3 is 10.4 Å². The number of halogens is 4. The fourth-order valence-electron chi connectivity index (χ4n) is 1.99. The highest BCUT2D eigenvalue weighted by atomic mass is 35.5. The third-order valence-corrected chi connectivity index (χ3v) is 5.80. The maximum Gasteiger partial charge on any atom is 0.338 e. The summed E-state index contributed by atoms with van der Waals surface area (Å²) in [4.78, 5) is 24.9. The second-order valence-corrected chi connectivity index (χ2v) is 7.30. The lowest BCUT2D eigenvalue weighted by Gasteiger charge is -2.14. The topological polar surface area (TPSA) is 90.2 Å². The smallest absolute Gasteiger partial charge is 0.338 e. The fraction of sp³-hybridized carbons (Fsp3) is 0.0625. The van der Waals surface area contributed by atoms with Crippen LogP contribution < -0.4 is 5.32 Å². The number of nitrogens with one attached hydrogen (secondary N) is 1. The Morgan fingerprint density at radius 2 is 1.54 bits per heavy atom. The lowest BCUT2D eigenvalue weighted by molar-refractivity contribution is 0.0692. The minimum absolute atomic E-state index is 0.211. The first-order valence-electron chi connectivity index (χ1n) is 6.78. The van der Waals surface area contributed by atoms with Crippen LogP contribution in [0.3, 0.4) is 0 Å². The van der Waals surface area contributed by atoms with E-state index in [1.807, 2.05) is 6.07 Å². The van der Waals surface area contributed by atoms with Crippen molar-refractivity contribution in [3.63, 3.8) is 0 Å². The van der Waals surface area contributed by atoms with Gasteiger partial charge in [-0.2, -0.15) is 5.26 Å². The zero-order chi connectivity index (χ0) is 19.4.